The van der Waals surface area contributed by atoms with E-state index >= 15 is 0 Å². The standard InChI is InChI=1S/C11H10N4O/c16-10(8-9-2-6-12-7-3-9)15-11-13-4-1-5-14-11/h1-7H,8H2,(H,13,14,15,16). The van der Waals surface area contributed by atoms with Gasteiger partial charge in [-0.1, -0.05) is 0 Å². The van der Waals surface area contributed by atoms with Gasteiger partial charge in [-0.05, 0) is 23.8 Å². The first kappa shape index (κ1) is 10.2. The monoisotopic (exact) mass is 214 g/mol. The van der Waals surface area contributed by atoms with Gasteiger partial charge in [0.2, 0.25) is 11.9 Å². The number of hydrogen-bond acceptors (Lipinski definition) is 4. The van der Waals surface area contributed by atoms with E-state index in [0.29, 0.717) is 12.4 Å². The molecule has 0 saturated carbocycles. The van der Waals surface area contributed by atoms with Crippen LogP contribution in [0.3, 0.4) is 0 Å². The van der Waals surface area contributed by atoms with Crippen molar-refractivity contribution in [2.75, 3.05) is 5.32 Å². The molecule has 0 fully saturated rings. The van der Waals surface area contributed by atoms with Crippen LogP contribution < -0.4 is 5.32 Å². The van der Waals surface area contributed by atoms with Crippen molar-refractivity contribution in [2.45, 2.75) is 6.42 Å². The van der Waals surface area contributed by atoms with E-state index in [1.54, 1.807) is 43.0 Å². The Labute approximate surface area is 92.6 Å². The Hall–Kier alpha value is -2.30. The number of rotatable bonds is 3. The number of aromatic nitrogens is 3. The molecule has 16 heavy (non-hydrogen) atoms. The summed E-state index contributed by atoms with van der Waals surface area (Å²) in [6, 6.07) is 5.29. The highest BCUT2D eigenvalue weighted by Gasteiger charge is 2.04. The minimum Gasteiger partial charge on any atom is -0.294 e. The van der Waals surface area contributed by atoms with Gasteiger partial charge in [-0.25, -0.2) is 9.97 Å². The average molecular weight is 214 g/mol. The SMILES string of the molecule is O=C(Cc1ccncc1)Nc1ncccn1. The van der Waals surface area contributed by atoms with Gasteiger partial charge in [-0.2, -0.15) is 0 Å². The highest BCUT2D eigenvalue weighted by atomic mass is 16.1. The normalized spacial score (nSPS) is 9.75. The third-order valence-electron chi connectivity index (χ3n) is 1.93. The molecule has 0 spiro atoms. The van der Waals surface area contributed by atoms with E-state index in [2.05, 4.69) is 20.3 Å². The van der Waals surface area contributed by atoms with Crippen molar-refractivity contribution >= 4 is 11.9 Å². The fourth-order valence-electron chi connectivity index (χ4n) is 1.22. The maximum atomic E-state index is 11.6. The number of carbonyl (C=O) groups excluding carboxylic acids is 1. The summed E-state index contributed by atoms with van der Waals surface area (Å²) < 4.78 is 0. The lowest BCUT2D eigenvalue weighted by Gasteiger charge is -2.02. The number of carbonyl (C=O) groups is 1. The highest BCUT2D eigenvalue weighted by molar-refractivity contribution is 5.90. The lowest BCUT2D eigenvalue weighted by atomic mass is 10.2. The molecule has 0 radical (unpaired) electrons. The zero-order valence-electron chi connectivity index (χ0n) is 8.50. The lowest BCUT2D eigenvalue weighted by Crippen LogP contribution is -2.16. The van der Waals surface area contributed by atoms with Gasteiger partial charge >= 0.3 is 0 Å². The maximum Gasteiger partial charge on any atom is 0.231 e. The quantitative estimate of drug-likeness (QED) is 0.829. The third kappa shape index (κ3) is 2.84. The van der Waals surface area contributed by atoms with E-state index < -0.39 is 0 Å². The molecule has 0 bridgehead atoms. The summed E-state index contributed by atoms with van der Waals surface area (Å²) >= 11 is 0. The van der Waals surface area contributed by atoms with Crippen LogP contribution in [0.5, 0.6) is 0 Å². The van der Waals surface area contributed by atoms with Crippen LogP contribution >= 0.6 is 0 Å². The summed E-state index contributed by atoms with van der Waals surface area (Å²) in [6.45, 7) is 0. The first-order chi connectivity index (χ1) is 7.84. The van der Waals surface area contributed by atoms with Gasteiger partial charge in [0.05, 0.1) is 6.42 Å². The summed E-state index contributed by atoms with van der Waals surface area (Å²) in [7, 11) is 0. The van der Waals surface area contributed by atoms with Crippen LogP contribution in [0, 0.1) is 0 Å². The maximum absolute atomic E-state index is 11.6. The molecule has 5 heteroatoms. The van der Waals surface area contributed by atoms with E-state index in [0.717, 1.165) is 5.56 Å². The van der Waals surface area contributed by atoms with Crippen molar-refractivity contribution in [1.29, 1.82) is 0 Å². The molecule has 80 valence electrons. The molecule has 2 aromatic rings. The van der Waals surface area contributed by atoms with Crippen LogP contribution in [0.15, 0.2) is 43.0 Å². The molecule has 5 nitrogen and oxygen atoms in total. The smallest absolute Gasteiger partial charge is 0.231 e. The number of nitrogens with zero attached hydrogens (tertiary/aromatic N) is 3. The molecule has 0 aromatic carbocycles. The van der Waals surface area contributed by atoms with Crippen molar-refractivity contribution in [2.24, 2.45) is 0 Å². The Balaban J connectivity index is 1.95. The second kappa shape index (κ2) is 4.97. The number of amides is 1. The van der Waals surface area contributed by atoms with Gasteiger partial charge in [0.15, 0.2) is 0 Å². The molecule has 0 aliphatic heterocycles. The predicted molar refractivity (Wildman–Crippen MR) is 58.6 cm³/mol. The molecular weight excluding hydrogens is 204 g/mol. The Morgan fingerprint density at radius 1 is 1.12 bits per heavy atom. The number of pyridine rings is 1. The molecule has 1 N–H and O–H groups in total. The molecule has 0 aliphatic rings. The highest BCUT2D eigenvalue weighted by Crippen LogP contribution is 2.00. The van der Waals surface area contributed by atoms with Gasteiger partial charge in [-0.3, -0.25) is 15.1 Å². The summed E-state index contributed by atoms with van der Waals surface area (Å²) in [4.78, 5) is 23.3. The summed E-state index contributed by atoms with van der Waals surface area (Å²) in [5.41, 5.74) is 0.906. The third-order valence-corrected chi connectivity index (χ3v) is 1.93. The number of nitrogens with one attached hydrogen (secondary N) is 1. The van der Waals surface area contributed by atoms with E-state index in [1.807, 2.05) is 0 Å². The average Bonchev–Trinajstić information content (AvgIpc) is 2.31. The molecule has 2 heterocycles. The van der Waals surface area contributed by atoms with Crippen LogP contribution in [0.25, 0.3) is 0 Å². The van der Waals surface area contributed by atoms with Crippen molar-refractivity contribution in [3.8, 4) is 0 Å². The Morgan fingerprint density at radius 3 is 2.50 bits per heavy atom. The topological polar surface area (TPSA) is 67.8 Å². The minimum absolute atomic E-state index is 0.141. The Bertz CT molecular complexity index is 414. The molecule has 0 atom stereocenters. The largest absolute Gasteiger partial charge is 0.294 e. The fourth-order valence-corrected chi connectivity index (χ4v) is 1.22. The molecule has 0 unspecified atom stereocenters. The first-order valence-corrected chi connectivity index (χ1v) is 4.80. The Kier molecular flexibility index (Phi) is 3.18. The van der Waals surface area contributed by atoms with Crippen LogP contribution in [0.1, 0.15) is 5.56 Å². The van der Waals surface area contributed by atoms with Gasteiger partial charge < -0.3 is 0 Å². The van der Waals surface area contributed by atoms with E-state index in [1.165, 1.54) is 0 Å². The minimum atomic E-state index is -0.141. The van der Waals surface area contributed by atoms with E-state index in [9.17, 15) is 4.79 Å². The lowest BCUT2D eigenvalue weighted by molar-refractivity contribution is -0.115. The van der Waals surface area contributed by atoms with Gasteiger partial charge in [0.1, 0.15) is 0 Å². The predicted octanol–water partition coefficient (Wildman–Crippen LogP) is 1.05. The van der Waals surface area contributed by atoms with Crippen LogP contribution in [0.4, 0.5) is 5.95 Å². The Morgan fingerprint density at radius 2 is 1.81 bits per heavy atom. The zero-order chi connectivity index (χ0) is 11.2. The second-order valence-electron chi connectivity index (χ2n) is 3.15. The van der Waals surface area contributed by atoms with E-state index in [-0.39, 0.29) is 5.91 Å². The summed E-state index contributed by atoms with van der Waals surface area (Å²) in [5.74, 6) is 0.180. The van der Waals surface area contributed by atoms with Gasteiger partial charge in [0.25, 0.3) is 0 Å². The van der Waals surface area contributed by atoms with Crippen LogP contribution in [0.2, 0.25) is 0 Å². The van der Waals surface area contributed by atoms with Crippen LogP contribution in [-0.4, -0.2) is 20.9 Å². The van der Waals surface area contributed by atoms with Gasteiger partial charge in [0, 0.05) is 24.8 Å². The molecule has 2 aromatic heterocycles. The fraction of sp³-hybridized carbons (Fsp3) is 0.0909. The molecule has 1 amide bonds. The van der Waals surface area contributed by atoms with E-state index in [4.69, 9.17) is 0 Å². The van der Waals surface area contributed by atoms with Crippen LogP contribution in [-0.2, 0) is 11.2 Å². The number of anilines is 1. The number of hydrogen-bond donors (Lipinski definition) is 1. The van der Waals surface area contributed by atoms with Gasteiger partial charge in [-0.15, -0.1) is 0 Å². The molecule has 2 rings (SSSR count). The summed E-state index contributed by atoms with van der Waals surface area (Å²) in [6.07, 6.45) is 6.76. The molecule has 0 saturated heterocycles. The van der Waals surface area contributed by atoms with Crippen molar-refractivity contribution < 1.29 is 4.79 Å². The first-order valence-electron chi connectivity index (χ1n) is 4.80. The van der Waals surface area contributed by atoms with Crippen molar-refractivity contribution in [3.63, 3.8) is 0 Å². The molecular formula is C11H10N4O. The van der Waals surface area contributed by atoms with Crippen molar-refractivity contribution in [3.05, 3.63) is 48.5 Å². The molecule has 0 aliphatic carbocycles. The summed E-state index contributed by atoms with van der Waals surface area (Å²) in [5, 5.41) is 2.61. The van der Waals surface area contributed by atoms with Crippen molar-refractivity contribution in [1.82, 2.24) is 15.0 Å². The second-order valence-corrected chi connectivity index (χ2v) is 3.15. The zero-order valence-corrected chi connectivity index (χ0v) is 8.50.